The number of aliphatic hydroxyl groups is 2. The maximum absolute atomic E-state index is 8.96. The van der Waals surface area contributed by atoms with Crippen molar-refractivity contribution in [1.82, 2.24) is 10.6 Å². The van der Waals surface area contributed by atoms with Gasteiger partial charge in [0.2, 0.25) is 0 Å². The van der Waals surface area contributed by atoms with E-state index in [4.69, 9.17) is 15.9 Å². The predicted molar refractivity (Wildman–Crippen MR) is 94.8 cm³/mol. The first-order valence-corrected chi connectivity index (χ1v) is 8.45. The Balaban J connectivity index is 2.11. The third-order valence-electron chi connectivity index (χ3n) is 4.51. The minimum Gasteiger partial charge on any atom is -0.399 e. The monoisotopic (exact) mass is 322 g/mol. The summed E-state index contributed by atoms with van der Waals surface area (Å²) in [6.45, 7) is 5.33. The molecule has 2 unspecified atom stereocenters. The van der Waals surface area contributed by atoms with E-state index in [1.54, 1.807) is 0 Å². The number of rotatable bonds is 9. The van der Waals surface area contributed by atoms with Gasteiger partial charge in [-0.25, -0.2) is 0 Å². The largest absolute Gasteiger partial charge is 0.399 e. The van der Waals surface area contributed by atoms with Crippen molar-refractivity contribution in [3.63, 3.8) is 0 Å². The number of nitrogens with two attached hydrogens (primary N) is 1. The van der Waals surface area contributed by atoms with E-state index < -0.39 is 0 Å². The zero-order valence-corrected chi connectivity index (χ0v) is 14.0. The van der Waals surface area contributed by atoms with Crippen molar-refractivity contribution >= 4 is 11.4 Å². The first kappa shape index (κ1) is 18.0. The van der Waals surface area contributed by atoms with Gasteiger partial charge in [-0.05, 0) is 43.5 Å². The summed E-state index contributed by atoms with van der Waals surface area (Å²) in [4.78, 5) is 2.46. The quantitative estimate of drug-likeness (QED) is 0.326. The number of nitrogen functional groups attached to an aromatic ring is 1. The fourth-order valence-electron chi connectivity index (χ4n) is 3.30. The molecule has 6 nitrogen and oxygen atoms in total. The van der Waals surface area contributed by atoms with E-state index in [9.17, 15) is 0 Å². The number of hydrogen-bond donors (Lipinski definition) is 5. The lowest BCUT2D eigenvalue weighted by molar-refractivity contribution is 0.290. The molecule has 0 bridgehead atoms. The number of hydrogen-bond acceptors (Lipinski definition) is 6. The van der Waals surface area contributed by atoms with Crippen molar-refractivity contribution in [2.45, 2.75) is 31.8 Å². The van der Waals surface area contributed by atoms with Crippen LogP contribution in [0.2, 0.25) is 0 Å². The summed E-state index contributed by atoms with van der Waals surface area (Å²) in [5.41, 5.74) is 9.06. The normalized spacial score (nSPS) is 21.1. The van der Waals surface area contributed by atoms with Crippen molar-refractivity contribution in [2.75, 3.05) is 50.0 Å². The van der Waals surface area contributed by atoms with Gasteiger partial charge in [0.05, 0.1) is 13.2 Å². The molecule has 2 rings (SSSR count). The van der Waals surface area contributed by atoms with Crippen LogP contribution in [0, 0.1) is 6.92 Å². The maximum atomic E-state index is 8.96. The van der Waals surface area contributed by atoms with Crippen LogP contribution in [0.5, 0.6) is 0 Å². The molecule has 1 aromatic rings. The second-order valence-corrected chi connectivity index (χ2v) is 6.19. The van der Waals surface area contributed by atoms with Crippen LogP contribution < -0.4 is 21.3 Å². The van der Waals surface area contributed by atoms with Crippen molar-refractivity contribution in [1.29, 1.82) is 0 Å². The lowest BCUT2D eigenvalue weighted by Gasteiger charge is -2.33. The first-order chi connectivity index (χ1) is 11.2. The van der Waals surface area contributed by atoms with Crippen LogP contribution in [-0.4, -0.2) is 61.7 Å². The van der Waals surface area contributed by atoms with Crippen LogP contribution in [0.25, 0.3) is 0 Å². The van der Waals surface area contributed by atoms with Gasteiger partial charge in [0.1, 0.15) is 0 Å². The summed E-state index contributed by atoms with van der Waals surface area (Å²) in [6, 6.07) is 7.03. The Hall–Kier alpha value is -1.34. The van der Waals surface area contributed by atoms with Crippen LogP contribution in [-0.2, 0) is 0 Å². The molecule has 23 heavy (non-hydrogen) atoms. The molecule has 1 aromatic carbocycles. The highest BCUT2D eigenvalue weighted by Gasteiger charge is 2.33. The molecule has 0 spiro atoms. The SMILES string of the molecule is Cc1cc(N2C(CNCCO)CCC2CNCCO)ccc1N. The van der Waals surface area contributed by atoms with Crippen molar-refractivity contribution in [3.05, 3.63) is 23.8 Å². The van der Waals surface area contributed by atoms with Crippen molar-refractivity contribution < 1.29 is 10.2 Å². The van der Waals surface area contributed by atoms with Crippen LogP contribution in [0.4, 0.5) is 11.4 Å². The fourth-order valence-corrected chi connectivity index (χ4v) is 3.30. The molecule has 1 saturated heterocycles. The molecule has 0 radical (unpaired) electrons. The van der Waals surface area contributed by atoms with Gasteiger partial charge in [0.25, 0.3) is 0 Å². The van der Waals surface area contributed by atoms with Gasteiger partial charge < -0.3 is 31.5 Å². The smallest absolute Gasteiger partial charge is 0.0555 e. The minimum atomic E-state index is 0.162. The Morgan fingerprint density at radius 3 is 2.13 bits per heavy atom. The molecule has 1 fully saturated rings. The molecule has 0 aromatic heterocycles. The zero-order chi connectivity index (χ0) is 16.7. The van der Waals surface area contributed by atoms with Gasteiger partial charge in [-0.15, -0.1) is 0 Å². The topological polar surface area (TPSA) is 93.8 Å². The van der Waals surface area contributed by atoms with Crippen molar-refractivity contribution in [3.8, 4) is 0 Å². The predicted octanol–water partition coefficient (Wildman–Crippen LogP) is 0.0784. The van der Waals surface area contributed by atoms with E-state index in [2.05, 4.69) is 27.7 Å². The van der Waals surface area contributed by atoms with E-state index >= 15 is 0 Å². The van der Waals surface area contributed by atoms with E-state index in [0.29, 0.717) is 25.2 Å². The summed E-state index contributed by atoms with van der Waals surface area (Å²) in [7, 11) is 0. The van der Waals surface area contributed by atoms with Gasteiger partial charge in [-0.2, -0.15) is 0 Å². The summed E-state index contributed by atoms with van der Waals surface area (Å²) in [5.74, 6) is 0. The number of aliphatic hydroxyl groups excluding tert-OH is 2. The highest BCUT2D eigenvalue weighted by molar-refractivity contribution is 5.59. The summed E-state index contributed by atoms with van der Waals surface area (Å²) in [6.07, 6.45) is 2.24. The van der Waals surface area contributed by atoms with Gasteiger partial charge in [0, 0.05) is 49.6 Å². The number of benzene rings is 1. The van der Waals surface area contributed by atoms with E-state index in [1.807, 2.05) is 13.0 Å². The van der Waals surface area contributed by atoms with Crippen LogP contribution in [0.1, 0.15) is 18.4 Å². The fraction of sp³-hybridized carbons (Fsp3) is 0.647. The lowest BCUT2D eigenvalue weighted by Crippen LogP contribution is -2.46. The summed E-state index contributed by atoms with van der Waals surface area (Å²) in [5, 5.41) is 24.6. The third-order valence-corrected chi connectivity index (χ3v) is 4.51. The number of aryl methyl sites for hydroxylation is 1. The molecule has 2 atom stereocenters. The number of nitrogens with one attached hydrogen (secondary N) is 2. The summed E-state index contributed by atoms with van der Waals surface area (Å²) >= 11 is 0. The van der Waals surface area contributed by atoms with E-state index in [-0.39, 0.29) is 13.2 Å². The molecule has 6 heteroatoms. The molecule has 0 aliphatic carbocycles. The highest BCUT2D eigenvalue weighted by atomic mass is 16.3. The first-order valence-electron chi connectivity index (χ1n) is 8.45. The van der Waals surface area contributed by atoms with Gasteiger partial charge in [-0.3, -0.25) is 0 Å². The highest BCUT2D eigenvalue weighted by Crippen LogP contribution is 2.32. The molecule has 0 saturated carbocycles. The Kier molecular flexibility index (Phi) is 7.11. The zero-order valence-electron chi connectivity index (χ0n) is 14.0. The maximum Gasteiger partial charge on any atom is 0.0555 e. The second kappa shape index (κ2) is 9.08. The van der Waals surface area contributed by atoms with E-state index in [1.165, 1.54) is 5.69 Å². The molecule has 6 N–H and O–H groups in total. The summed E-state index contributed by atoms with van der Waals surface area (Å²) < 4.78 is 0. The molecule has 1 heterocycles. The minimum absolute atomic E-state index is 0.162. The average Bonchev–Trinajstić information content (AvgIpc) is 2.94. The van der Waals surface area contributed by atoms with Crippen LogP contribution in [0.3, 0.4) is 0 Å². The van der Waals surface area contributed by atoms with Crippen LogP contribution >= 0.6 is 0 Å². The Morgan fingerprint density at radius 1 is 1.09 bits per heavy atom. The average molecular weight is 322 g/mol. The Bertz CT molecular complexity index is 466. The Labute approximate surface area is 138 Å². The molecule has 1 aliphatic heterocycles. The number of nitrogens with zero attached hydrogens (tertiary/aromatic N) is 1. The molecular weight excluding hydrogens is 292 g/mol. The standard InChI is InChI=1S/C17H30N4O2/c1-13-10-14(4-5-17(13)18)21-15(11-19-6-8-22)2-3-16(21)12-20-7-9-23/h4-5,10,15-16,19-20,22-23H,2-3,6-9,11-12,18H2,1H3. The second-order valence-electron chi connectivity index (χ2n) is 6.19. The van der Waals surface area contributed by atoms with E-state index in [0.717, 1.165) is 37.2 Å². The lowest BCUT2D eigenvalue weighted by atomic mass is 10.1. The van der Waals surface area contributed by atoms with Gasteiger partial charge in [-0.1, -0.05) is 0 Å². The molecule has 0 amide bonds. The number of anilines is 2. The van der Waals surface area contributed by atoms with Crippen LogP contribution in [0.15, 0.2) is 18.2 Å². The molecular formula is C17H30N4O2. The molecule has 1 aliphatic rings. The van der Waals surface area contributed by atoms with Gasteiger partial charge in [0.15, 0.2) is 0 Å². The molecule has 130 valence electrons. The third kappa shape index (κ3) is 4.81. The Morgan fingerprint density at radius 2 is 1.65 bits per heavy atom. The van der Waals surface area contributed by atoms with Gasteiger partial charge >= 0.3 is 0 Å². The van der Waals surface area contributed by atoms with Crippen molar-refractivity contribution in [2.24, 2.45) is 0 Å².